The molecule has 6 heteroatoms. The molecule has 2 atom stereocenters. The molecule has 1 fully saturated rings. The highest BCUT2D eigenvalue weighted by Crippen LogP contribution is 2.33. The largest absolute Gasteiger partial charge is 0.391 e. The fraction of sp³-hybridized carbons (Fsp3) is 0.474. The van der Waals surface area contributed by atoms with E-state index in [-0.39, 0.29) is 17.8 Å². The van der Waals surface area contributed by atoms with Gasteiger partial charge in [0.2, 0.25) is 5.91 Å². The first-order chi connectivity index (χ1) is 11.9. The molecule has 0 bridgehead atoms. The van der Waals surface area contributed by atoms with Crippen LogP contribution in [0.1, 0.15) is 41.4 Å². The van der Waals surface area contributed by atoms with Crippen LogP contribution in [0.2, 0.25) is 0 Å². The third kappa shape index (κ3) is 3.58. The number of carbonyl (C=O) groups is 1. The number of amides is 1. The molecular formula is C19H24FN3O2. The third-order valence-electron chi connectivity index (χ3n) is 5.08. The average molecular weight is 345 g/mol. The van der Waals surface area contributed by atoms with Crippen molar-refractivity contribution in [2.75, 3.05) is 6.54 Å². The number of aromatic nitrogens is 2. The number of aryl methyl sites for hydroxylation is 2. The summed E-state index contributed by atoms with van der Waals surface area (Å²) < 4.78 is 15.4. The average Bonchev–Trinajstić information content (AvgIpc) is 3.06. The predicted octanol–water partition coefficient (Wildman–Crippen LogP) is 2.44. The molecule has 5 nitrogen and oxygen atoms in total. The van der Waals surface area contributed by atoms with Gasteiger partial charge in [-0.3, -0.25) is 9.48 Å². The maximum absolute atomic E-state index is 13.5. The Hall–Kier alpha value is -2.21. The molecule has 0 aliphatic carbocycles. The van der Waals surface area contributed by atoms with Gasteiger partial charge < -0.3 is 10.0 Å². The van der Waals surface area contributed by atoms with Gasteiger partial charge in [0.05, 0.1) is 17.8 Å². The summed E-state index contributed by atoms with van der Waals surface area (Å²) in [5.41, 5.74) is 3.83. The first-order valence-electron chi connectivity index (χ1n) is 8.59. The maximum atomic E-state index is 13.5. The standard InChI is InChI=1S/C19H24FN3O2/c1-12-17(13(2)22(3)21-12)7-8-19(25)23-11-16(24)10-18(23)14-5-4-6-15(20)9-14/h4-6,9,16,18,24H,7-8,10-11H2,1-3H3/t16-,18-/m0/s1. The molecule has 0 saturated carbocycles. The Kier molecular flexibility index (Phi) is 4.90. The van der Waals surface area contributed by atoms with Gasteiger partial charge in [-0.2, -0.15) is 5.10 Å². The minimum Gasteiger partial charge on any atom is -0.391 e. The summed E-state index contributed by atoms with van der Waals surface area (Å²) in [6.45, 7) is 4.24. The van der Waals surface area contributed by atoms with Gasteiger partial charge in [0.25, 0.3) is 0 Å². The number of hydrogen-bond donors (Lipinski definition) is 1. The van der Waals surface area contributed by atoms with Crippen molar-refractivity contribution in [3.63, 3.8) is 0 Å². The minimum absolute atomic E-state index is 0.0199. The van der Waals surface area contributed by atoms with Gasteiger partial charge in [0, 0.05) is 25.7 Å². The predicted molar refractivity (Wildman–Crippen MR) is 92.5 cm³/mol. The second-order valence-corrected chi connectivity index (χ2v) is 6.78. The quantitative estimate of drug-likeness (QED) is 0.926. The second-order valence-electron chi connectivity index (χ2n) is 6.78. The van der Waals surface area contributed by atoms with Crippen LogP contribution in [0.5, 0.6) is 0 Å². The van der Waals surface area contributed by atoms with Gasteiger partial charge in [0.1, 0.15) is 5.82 Å². The van der Waals surface area contributed by atoms with Crippen LogP contribution in [-0.4, -0.2) is 38.3 Å². The van der Waals surface area contributed by atoms with Crippen LogP contribution >= 0.6 is 0 Å². The fourth-order valence-corrected chi connectivity index (χ4v) is 3.67. The number of likely N-dealkylation sites (tertiary alicyclic amines) is 1. The lowest BCUT2D eigenvalue weighted by atomic mass is 10.0. The molecular weight excluding hydrogens is 321 g/mol. The fourth-order valence-electron chi connectivity index (χ4n) is 3.67. The molecule has 0 unspecified atom stereocenters. The lowest BCUT2D eigenvalue weighted by Crippen LogP contribution is -2.32. The number of aliphatic hydroxyl groups excluding tert-OH is 1. The molecule has 1 N–H and O–H groups in total. The molecule has 1 aliphatic rings. The highest BCUT2D eigenvalue weighted by Gasteiger charge is 2.35. The van der Waals surface area contributed by atoms with Gasteiger partial charge in [-0.25, -0.2) is 4.39 Å². The van der Waals surface area contributed by atoms with E-state index in [0.29, 0.717) is 25.8 Å². The summed E-state index contributed by atoms with van der Waals surface area (Å²) in [6, 6.07) is 6.00. The molecule has 2 heterocycles. The van der Waals surface area contributed by atoms with Crippen molar-refractivity contribution in [1.82, 2.24) is 14.7 Å². The highest BCUT2D eigenvalue weighted by molar-refractivity contribution is 5.77. The Morgan fingerprint density at radius 2 is 2.16 bits per heavy atom. The van der Waals surface area contributed by atoms with Crippen molar-refractivity contribution in [2.45, 2.75) is 45.3 Å². The van der Waals surface area contributed by atoms with E-state index < -0.39 is 6.10 Å². The highest BCUT2D eigenvalue weighted by atomic mass is 19.1. The Labute approximate surface area is 147 Å². The second kappa shape index (κ2) is 6.96. The summed E-state index contributed by atoms with van der Waals surface area (Å²) in [6.07, 6.45) is 0.845. The monoisotopic (exact) mass is 345 g/mol. The van der Waals surface area contributed by atoms with Crippen molar-refractivity contribution < 1.29 is 14.3 Å². The Bertz CT molecular complexity index is 787. The lowest BCUT2D eigenvalue weighted by Gasteiger charge is -2.25. The molecule has 1 aromatic carbocycles. The van der Waals surface area contributed by atoms with Crippen LogP contribution in [0.15, 0.2) is 24.3 Å². The van der Waals surface area contributed by atoms with Crippen molar-refractivity contribution in [1.29, 1.82) is 0 Å². The van der Waals surface area contributed by atoms with Crippen LogP contribution in [0.3, 0.4) is 0 Å². The van der Waals surface area contributed by atoms with E-state index in [2.05, 4.69) is 5.10 Å². The van der Waals surface area contributed by atoms with Gasteiger partial charge >= 0.3 is 0 Å². The van der Waals surface area contributed by atoms with Crippen molar-refractivity contribution in [3.05, 3.63) is 52.6 Å². The number of hydrogen-bond acceptors (Lipinski definition) is 3. The summed E-state index contributed by atoms with van der Waals surface area (Å²) in [7, 11) is 1.89. The lowest BCUT2D eigenvalue weighted by molar-refractivity contribution is -0.132. The van der Waals surface area contributed by atoms with Crippen molar-refractivity contribution >= 4 is 5.91 Å². The molecule has 3 rings (SSSR count). The molecule has 0 spiro atoms. The van der Waals surface area contributed by atoms with E-state index in [1.54, 1.807) is 11.0 Å². The van der Waals surface area contributed by atoms with E-state index in [1.807, 2.05) is 31.6 Å². The van der Waals surface area contributed by atoms with Crippen LogP contribution < -0.4 is 0 Å². The van der Waals surface area contributed by atoms with Crippen LogP contribution in [0, 0.1) is 19.7 Å². The van der Waals surface area contributed by atoms with Crippen LogP contribution in [-0.2, 0) is 18.3 Å². The topological polar surface area (TPSA) is 58.4 Å². The Morgan fingerprint density at radius 1 is 1.40 bits per heavy atom. The molecule has 1 aromatic heterocycles. The normalized spacial score (nSPS) is 20.3. The van der Waals surface area contributed by atoms with E-state index in [4.69, 9.17) is 0 Å². The third-order valence-corrected chi connectivity index (χ3v) is 5.08. The molecule has 1 amide bonds. The zero-order valence-electron chi connectivity index (χ0n) is 14.9. The first-order valence-corrected chi connectivity index (χ1v) is 8.59. The summed E-state index contributed by atoms with van der Waals surface area (Å²) in [5.74, 6) is -0.346. The number of β-amino-alcohol motifs (C(OH)–C–C–N with tert-alkyl or cyclic N) is 1. The van der Waals surface area contributed by atoms with E-state index >= 15 is 0 Å². The van der Waals surface area contributed by atoms with Crippen molar-refractivity contribution in [3.8, 4) is 0 Å². The molecule has 25 heavy (non-hydrogen) atoms. The van der Waals surface area contributed by atoms with E-state index in [9.17, 15) is 14.3 Å². The van der Waals surface area contributed by atoms with Gasteiger partial charge in [-0.15, -0.1) is 0 Å². The van der Waals surface area contributed by atoms with Crippen molar-refractivity contribution in [2.24, 2.45) is 7.05 Å². The zero-order valence-corrected chi connectivity index (χ0v) is 14.9. The molecule has 1 saturated heterocycles. The van der Waals surface area contributed by atoms with Gasteiger partial charge in [-0.1, -0.05) is 12.1 Å². The Morgan fingerprint density at radius 3 is 2.80 bits per heavy atom. The number of aliphatic hydroxyl groups is 1. The van der Waals surface area contributed by atoms with Gasteiger partial charge in [-0.05, 0) is 49.9 Å². The number of nitrogens with zero attached hydrogens (tertiary/aromatic N) is 3. The molecule has 0 radical (unpaired) electrons. The number of carbonyl (C=O) groups excluding carboxylic acids is 1. The zero-order chi connectivity index (χ0) is 18.1. The maximum Gasteiger partial charge on any atom is 0.223 e. The number of halogens is 1. The summed E-state index contributed by atoms with van der Waals surface area (Å²) in [5, 5.41) is 14.4. The summed E-state index contributed by atoms with van der Waals surface area (Å²) >= 11 is 0. The van der Waals surface area contributed by atoms with Crippen LogP contribution in [0.4, 0.5) is 4.39 Å². The van der Waals surface area contributed by atoms with E-state index in [1.165, 1.54) is 12.1 Å². The Balaban J connectivity index is 1.73. The molecule has 2 aromatic rings. The minimum atomic E-state index is -0.570. The molecule has 1 aliphatic heterocycles. The summed E-state index contributed by atoms with van der Waals surface area (Å²) in [4.78, 5) is 14.4. The number of rotatable bonds is 4. The number of benzene rings is 1. The first kappa shape index (κ1) is 17.6. The molecule has 134 valence electrons. The van der Waals surface area contributed by atoms with Crippen LogP contribution in [0.25, 0.3) is 0 Å². The van der Waals surface area contributed by atoms with E-state index in [0.717, 1.165) is 22.5 Å². The SMILES string of the molecule is Cc1nn(C)c(C)c1CCC(=O)N1C[C@@H](O)C[C@H]1c1cccc(F)c1. The van der Waals surface area contributed by atoms with Gasteiger partial charge in [0.15, 0.2) is 0 Å². The smallest absolute Gasteiger partial charge is 0.223 e.